The number of carboxylic acids is 1. The van der Waals surface area contributed by atoms with Crippen LogP contribution in [0.1, 0.15) is 12.8 Å². The van der Waals surface area contributed by atoms with Crippen molar-refractivity contribution in [1.29, 1.82) is 0 Å². The van der Waals surface area contributed by atoms with E-state index in [1.807, 2.05) is 17.0 Å². The van der Waals surface area contributed by atoms with E-state index in [0.717, 1.165) is 36.2 Å². The zero-order valence-electron chi connectivity index (χ0n) is 9.87. The van der Waals surface area contributed by atoms with Crippen LogP contribution in [0.25, 0.3) is 11.0 Å². The fourth-order valence-corrected chi connectivity index (χ4v) is 2.48. The van der Waals surface area contributed by atoms with Gasteiger partial charge >= 0.3 is 5.97 Å². The number of nitrogens with zero attached hydrogens (tertiary/aromatic N) is 2. The fraction of sp³-hybridized carbons (Fsp3) is 0.385. The molecule has 1 saturated heterocycles. The van der Waals surface area contributed by atoms with Crippen LogP contribution in [0.3, 0.4) is 0 Å². The van der Waals surface area contributed by atoms with E-state index >= 15 is 0 Å². The van der Waals surface area contributed by atoms with E-state index in [1.165, 1.54) is 0 Å². The number of aromatic nitrogens is 1. The largest absolute Gasteiger partial charge is 0.481 e. The van der Waals surface area contributed by atoms with Crippen molar-refractivity contribution in [3.63, 3.8) is 0 Å². The number of rotatable bonds is 2. The van der Waals surface area contributed by atoms with Crippen LogP contribution in [-0.2, 0) is 4.79 Å². The van der Waals surface area contributed by atoms with Gasteiger partial charge in [0.05, 0.1) is 12.2 Å². The molecule has 1 N–H and O–H groups in total. The Balaban J connectivity index is 1.94. The van der Waals surface area contributed by atoms with Crippen molar-refractivity contribution in [2.45, 2.75) is 12.8 Å². The van der Waals surface area contributed by atoms with E-state index < -0.39 is 5.97 Å². The molecule has 3 heterocycles. The first kappa shape index (κ1) is 11.1. The molecule has 0 aromatic carbocycles. The van der Waals surface area contributed by atoms with Crippen LogP contribution in [0.5, 0.6) is 0 Å². The first-order valence-corrected chi connectivity index (χ1v) is 6.05. The average molecular weight is 246 g/mol. The van der Waals surface area contributed by atoms with E-state index in [1.54, 1.807) is 12.5 Å². The molecule has 1 aliphatic rings. The molecule has 0 bridgehead atoms. The number of aliphatic carboxylic acids is 1. The molecule has 0 saturated carbocycles. The molecule has 1 atom stereocenters. The summed E-state index contributed by atoms with van der Waals surface area (Å²) < 4.78 is 5.45. The summed E-state index contributed by atoms with van der Waals surface area (Å²) >= 11 is 0. The maximum atomic E-state index is 11.1. The average Bonchev–Trinajstić information content (AvgIpc) is 2.87. The second-order valence-electron chi connectivity index (χ2n) is 4.60. The number of piperidine rings is 1. The Morgan fingerprint density at radius 2 is 2.39 bits per heavy atom. The number of furan rings is 1. The molecule has 94 valence electrons. The molecule has 0 aliphatic carbocycles. The number of anilines is 1. The zero-order chi connectivity index (χ0) is 12.5. The molecule has 18 heavy (non-hydrogen) atoms. The lowest BCUT2D eigenvalue weighted by Gasteiger charge is -2.31. The third kappa shape index (κ3) is 1.81. The smallest absolute Gasteiger partial charge is 0.308 e. The fourth-order valence-electron chi connectivity index (χ4n) is 2.48. The van der Waals surface area contributed by atoms with E-state index in [-0.39, 0.29) is 5.92 Å². The number of carboxylic acid groups (broad SMARTS) is 1. The second kappa shape index (κ2) is 4.33. The van der Waals surface area contributed by atoms with Gasteiger partial charge in [-0.25, -0.2) is 4.98 Å². The van der Waals surface area contributed by atoms with E-state index in [4.69, 9.17) is 9.52 Å². The summed E-state index contributed by atoms with van der Waals surface area (Å²) in [4.78, 5) is 17.4. The molecule has 3 rings (SSSR count). The van der Waals surface area contributed by atoms with Gasteiger partial charge in [0.25, 0.3) is 0 Å². The van der Waals surface area contributed by atoms with Gasteiger partial charge in [0, 0.05) is 24.7 Å². The monoisotopic (exact) mass is 246 g/mol. The summed E-state index contributed by atoms with van der Waals surface area (Å²) in [5, 5.41) is 10.1. The summed E-state index contributed by atoms with van der Waals surface area (Å²) in [6.07, 6.45) is 4.97. The lowest BCUT2D eigenvalue weighted by atomic mass is 9.98. The molecule has 1 aliphatic heterocycles. The van der Waals surface area contributed by atoms with Crippen LogP contribution in [0.15, 0.2) is 29.0 Å². The summed E-state index contributed by atoms with van der Waals surface area (Å²) in [7, 11) is 0. The molecular weight excluding hydrogens is 232 g/mol. The van der Waals surface area contributed by atoms with Gasteiger partial charge in [-0.2, -0.15) is 0 Å². The predicted molar refractivity (Wildman–Crippen MR) is 66.6 cm³/mol. The van der Waals surface area contributed by atoms with Crippen LogP contribution in [0.4, 0.5) is 5.82 Å². The highest BCUT2D eigenvalue weighted by atomic mass is 16.4. The Labute approximate surface area is 104 Å². The van der Waals surface area contributed by atoms with E-state index in [9.17, 15) is 4.79 Å². The molecular formula is C13H14N2O3. The van der Waals surface area contributed by atoms with Gasteiger partial charge in [0.2, 0.25) is 0 Å². The molecule has 0 radical (unpaired) electrons. The maximum Gasteiger partial charge on any atom is 0.308 e. The molecule has 5 heteroatoms. The minimum atomic E-state index is -0.730. The van der Waals surface area contributed by atoms with Crippen LogP contribution in [-0.4, -0.2) is 29.1 Å². The van der Waals surface area contributed by atoms with Crippen molar-refractivity contribution >= 4 is 22.8 Å². The van der Waals surface area contributed by atoms with Gasteiger partial charge in [-0.15, -0.1) is 0 Å². The van der Waals surface area contributed by atoms with Crippen molar-refractivity contribution in [3.05, 3.63) is 24.6 Å². The van der Waals surface area contributed by atoms with Crippen LogP contribution in [0, 0.1) is 5.92 Å². The quantitative estimate of drug-likeness (QED) is 0.879. The summed E-state index contributed by atoms with van der Waals surface area (Å²) in [6, 6.07) is 3.78. The highest BCUT2D eigenvalue weighted by Crippen LogP contribution is 2.28. The standard InChI is InChI=1S/C13H14N2O3/c16-13(17)10-2-1-6-15(8-10)12-11-9(3-5-14-12)4-7-18-11/h3-5,7,10H,1-2,6,8H2,(H,16,17)/t10-/m1/s1. The lowest BCUT2D eigenvalue weighted by Crippen LogP contribution is -2.39. The molecule has 1 fully saturated rings. The van der Waals surface area contributed by atoms with Crippen molar-refractivity contribution in [3.8, 4) is 0 Å². The van der Waals surface area contributed by atoms with Gasteiger partial charge in [0.1, 0.15) is 0 Å². The molecule has 5 nitrogen and oxygen atoms in total. The first-order valence-electron chi connectivity index (χ1n) is 6.05. The van der Waals surface area contributed by atoms with Crippen molar-refractivity contribution in [2.75, 3.05) is 18.0 Å². The summed E-state index contributed by atoms with van der Waals surface area (Å²) in [5.74, 6) is -0.291. The lowest BCUT2D eigenvalue weighted by molar-refractivity contribution is -0.141. The molecule has 0 amide bonds. The highest BCUT2D eigenvalue weighted by Gasteiger charge is 2.27. The maximum absolute atomic E-state index is 11.1. The minimum absolute atomic E-state index is 0.314. The topological polar surface area (TPSA) is 66.6 Å². The van der Waals surface area contributed by atoms with Crippen molar-refractivity contribution < 1.29 is 14.3 Å². The van der Waals surface area contributed by atoms with Gasteiger partial charge in [0.15, 0.2) is 11.4 Å². The Morgan fingerprint density at radius 3 is 3.22 bits per heavy atom. The van der Waals surface area contributed by atoms with E-state index in [0.29, 0.717) is 6.54 Å². The van der Waals surface area contributed by atoms with Crippen LogP contribution in [0.2, 0.25) is 0 Å². The van der Waals surface area contributed by atoms with Crippen molar-refractivity contribution in [1.82, 2.24) is 4.98 Å². The number of hydrogen-bond acceptors (Lipinski definition) is 4. The molecule has 2 aromatic heterocycles. The minimum Gasteiger partial charge on any atom is -0.481 e. The summed E-state index contributed by atoms with van der Waals surface area (Å²) in [5.41, 5.74) is 0.739. The summed E-state index contributed by atoms with van der Waals surface area (Å²) in [6.45, 7) is 1.33. The Bertz CT molecular complexity index is 578. The van der Waals surface area contributed by atoms with Gasteiger partial charge in [-0.1, -0.05) is 0 Å². The molecule has 0 spiro atoms. The Morgan fingerprint density at radius 1 is 1.50 bits per heavy atom. The van der Waals surface area contributed by atoms with Crippen LogP contribution < -0.4 is 4.90 Å². The normalized spacial score (nSPS) is 20.2. The van der Waals surface area contributed by atoms with Gasteiger partial charge in [-0.05, 0) is 25.0 Å². The first-order chi connectivity index (χ1) is 8.75. The number of fused-ring (bicyclic) bond motifs is 1. The number of carbonyl (C=O) groups is 1. The molecule has 0 unspecified atom stereocenters. The number of pyridine rings is 1. The Kier molecular flexibility index (Phi) is 2.66. The van der Waals surface area contributed by atoms with Crippen molar-refractivity contribution in [2.24, 2.45) is 5.92 Å². The third-order valence-corrected chi connectivity index (χ3v) is 3.42. The Hall–Kier alpha value is -2.04. The number of hydrogen-bond donors (Lipinski definition) is 1. The van der Waals surface area contributed by atoms with E-state index in [2.05, 4.69) is 4.98 Å². The zero-order valence-corrected chi connectivity index (χ0v) is 9.87. The SMILES string of the molecule is O=C(O)[C@@H]1CCCN(c2nccc3ccoc23)C1. The second-order valence-corrected chi connectivity index (χ2v) is 4.60. The third-order valence-electron chi connectivity index (χ3n) is 3.42. The molecule has 2 aromatic rings. The van der Waals surface area contributed by atoms with Gasteiger partial charge < -0.3 is 14.4 Å². The van der Waals surface area contributed by atoms with Crippen LogP contribution >= 0.6 is 0 Å². The predicted octanol–water partition coefficient (Wildman–Crippen LogP) is 2.13. The highest BCUT2D eigenvalue weighted by molar-refractivity contribution is 5.87. The van der Waals surface area contributed by atoms with Gasteiger partial charge in [-0.3, -0.25) is 4.79 Å².